The third kappa shape index (κ3) is 4.49. The molecule has 230 valence electrons. The van der Waals surface area contributed by atoms with Gasteiger partial charge in [-0.15, -0.1) is 0 Å². The number of halogens is 1. The third-order valence-electron chi connectivity index (χ3n) is 9.27. The van der Waals surface area contributed by atoms with Crippen LogP contribution < -0.4 is 21.9 Å². The number of benzene rings is 1. The summed E-state index contributed by atoms with van der Waals surface area (Å²) in [5.41, 5.74) is 7.43. The summed E-state index contributed by atoms with van der Waals surface area (Å²) in [6.45, 7) is 0.942. The van der Waals surface area contributed by atoms with E-state index in [9.17, 15) is 24.3 Å². The number of carbonyl (C=O) groups excluding carboxylic acids is 3. The van der Waals surface area contributed by atoms with Gasteiger partial charge in [-0.2, -0.15) is 0 Å². The van der Waals surface area contributed by atoms with Crippen molar-refractivity contribution in [3.05, 3.63) is 61.7 Å². The van der Waals surface area contributed by atoms with Crippen LogP contribution in [0.15, 0.2) is 16.9 Å². The topological polar surface area (TPSA) is 175 Å². The maximum Gasteiger partial charge on any atom is 0.343 e. The van der Waals surface area contributed by atoms with E-state index in [0.29, 0.717) is 40.9 Å². The molecular formula is C31H32FN5O7. The number of nitrogens with zero attached hydrogens (tertiary/aromatic N) is 2. The van der Waals surface area contributed by atoms with Crippen molar-refractivity contribution in [2.75, 3.05) is 19.9 Å². The average Bonchev–Trinajstić information content (AvgIpc) is 3.74. The molecule has 0 saturated heterocycles. The van der Waals surface area contributed by atoms with Crippen molar-refractivity contribution >= 4 is 28.7 Å². The Bertz CT molecular complexity index is 1830. The second kappa shape index (κ2) is 10.5. The summed E-state index contributed by atoms with van der Waals surface area (Å²) in [4.78, 5) is 55.9. The Morgan fingerprint density at radius 3 is 2.75 bits per heavy atom. The van der Waals surface area contributed by atoms with Gasteiger partial charge in [0, 0.05) is 22.6 Å². The van der Waals surface area contributed by atoms with Crippen LogP contribution in [0.3, 0.4) is 0 Å². The summed E-state index contributed by atoms with van der Waals surface area (Å²) in [6, 6.07) is 2.53. The van der Waals surface area contributed by atoms with E-state index in [2.05, 4.69) is 10.6 Å². The lowest BCUT2D eigenvalue weighted by atomic mass is 9.81. The van der Waals surface area contributed by atoms with Gasteiger partial charge in [0.15, 0.2) is 5.60 Å². The molecule has 2 atom stereocenters. The smallest absolute Gasteiger partial charge is 0.343 e. The SMILES string of the molecule is Cc1c(F)cc2nc3c(c4c2c1CC[C@@H]4NC(=O)COCNC(=O)CN)Cn1c-3cc2c(c1=O)COC(=O)[C@]2(O)CC1CC1. The number of amides is 2. The van der Waals surface area contributed by atoms with Gasteiger partial charge >= 0.3 is 5.97 Å². The highest BCUT2D eigenvalue weighted by Crippen LogP contribution is 2.47. The lowest BCUT2D eigenvalue weighted by Gasteiger charge is -2.32. The van der Waals surface area contributed by atoms with E-state index in [1.807, 2.05) is 0 Å². The zero-order chi connectivity index (χ0) is 30.9. The van der Waals surface area contributed by atoms with Crippen LogP contribution >= 0.6 is 0 Å². The van der Waals surface area contributed by atoms with E-state index >= 15 is 4.39 Å². The van der Waals surface area contributed by atoms with E-state index < -0.39 is 35.2 Å². The maximum absolute atomic E-state index is 15.1. The van der Waals surface area contributed by atoms with Crippen LogP contribution in [0, 0.1) is 18.7 Å². The number of cyclic esters (lactones) is 1. The molecule has 2 aliphatic carbocycles. The Morgan fingerprint density at radius 1 is 1.20 bits per heavy atom. The number of esters is 1. The molecule has 1 aromatic carbocycles. The number of aromatic nitrogens is 2. The van der Waals surface area contributed by atoms with Crippen molar-refractivity contribution in [3.8, 4) is 11.4 Å². The highest BCUT2D eigenvalue weighted by molar-refractivity contribution is 5.94. The quantitative estimate of drug-likeness (QED) is 0.130. The van der Waals surface area contributed by atoms with Crippen molar-refractivity contribution in [3.63, 3.8) is 0 Å². The number of hydrogen-bond donors (Lipinski definition) is 4. The van der Waals surface area contributed by atoms with Crippen LogP contribution in [-0.2, 0) is 49.0 Å². The van der Waals surface area contributed by atoms with Crippen molar-refractivity contribution in [1.82, 2.24) is 20.2 Å². The fourth-order valence-electron chi connectivity index (χ4n) is 6.88. The normalized spacial score (nSPS) is 21.4. The Kier molecular flexibility index (Phi) is 6.79. The van der Waals surface area contributed by atoms with Crippen LogP contribution in [0.4, 0.5) is 4.39 Å². The highest BCUT2D eigenvalue weighted by atomic mass is 19.1. The fourth-order valence-corrected chi connectivity index (χ4v) is 6.88. The first-order chi connectivity index (χ1) is 21.1. The summed E-state index contributed by atoms with van der Waals surface area (Å²) in [6.07, 6.45) is 2.93. The van der Waals surface area contributed by atoms with Gasteiger partial charge < -0.3 is 35.5 Å². The summed E-state index contributed by atoms with van der Waals surface area (Å²) >= 11 is 0. The zero-order valence-corrected chi connectivity index (χ0v) is 24.1. The van der Waals surface area contributed by atoms with E-state index in [-0.39, 0.29) is 62.1 Å². The Labute approximate surface area is 250 Å². The van der Waals surface area contributed by atoms with Crippen LogP contribution in [-0.4, -0.2) is 52.3 Å². The molecule has 0 radical (unpaired) electrons. The minimum absolute atomic E-state index is 0.147. The number of aryl methyl sites for hydroxylation is 1. The predicted molar refractivity (Wildman–Crippen MR) is 153 cm³/mol. The molecule has 4 aliphatic rings. The molecule has 4 heterocycles. The number of fused-ring (bicyclic) bond motifs is 5. The van der Waals surface area contributed by atoms with Gasteiger partial charge in [0.2, 0.25) is 11.8 Å². The minimum atomic E-state index is -1.94. The molecule has 3 aromatic rings. The summed E-state index contributed by atoms with van der Waals surface area (Å²) < 4.78 is 27.3. The van der Waals surface area contributed by atoms with E-state index in [4.69, 9.17) is 20.2 Å². The first kappa shape index (κ1) is 28.6. The van der Waals surface area contributed by atoms with Crippen molar-refractivity contribution in [2.45, 2.75) is 63.8 Å². The predicted octanol–water partition coefficient (Wildman–Crippen LogP) is 1.07. The fraction of sp³-hybridized carbons (Fsp3) is 0.452. The number of hydrogen-bond acceptors (Lipinski definition) is 9. The molecule has 1 saturated carbocycles. The Morgan fingerprint density at radius 2 is 2.00 bits per heavy atom. The summed E-state index contributed by atoms with van der Waals surface area (Å²) in [7, 11) is 0. The lowest BCUT2D eigenvalue weighted by molar-refractivity contribution is -0.173. The monoisotopic (exact) mass is 605 g/mol. The van der Waals surface area contributed by atoms with E-state index in [1.165, 1.54) is 6.07 Å². The molecule has 0 unspecified atom stereocenters. The summed E-state index contributed by atoms with van der Waals surface area (Å²) in [5.74, 6) is -1.82. The van der Waals surface area contributed by atoms with Gasteiger partial charge in [0.1, 0.15) is 25.8 Å². The molecule has 2 aliphatic heterocycles. The molecule has 7 rings (SSSR count). The second-order valence-corrected chi connectivity index (χ2v) is 12.1. The molecule has 44 heavy (non-hydrogen) atoms. The van der Waals surface area contributed by atoms with E-state index in [1.54, 1.807) is 17.6 Å². The van der Waals surface area contributed by atoms with Gasteiger partial charge in [-0.25, -0.2) is 14.2 Å². The Balaban J connectivity index is 1.32. The number of nitrogens with one attached hydrogen (secondary N) is 2. The zero-order valence-electron chi connectivity index (χ0n) is 24.1. The first-order valence-electron chi connectivity index (χ1n) is 14.8. The molecule has 0 bridgehead atoms. The molecule has 2 amide bonds. The first-order valence-corrected chi connectivity index (χ1v) is 14.8. The number of ether oxygens (including phenoxy) is 2. The standard InChI is InChI=1S/C31H32FN5O7/c1-14-16-4-5-21(35-25(39)12-43-13-34-24(38)9-33)27-17-10-37-23(28(17)36-22(26(16)27)7-20(14)32)6-19-18(29(37)40)11-44-30(41)31(19,42)8-15-2-3-15/h6-7,15,21,42H,2-5,8-13,33H2,1H3,(H,34,38)(H,35,39)/t21-,31-/m0/s1. The van der Waals surface area contributed by atoms with Crippen molar-refractivity contribution in [2.24, 2.45) is 11.7 Å². The Hall–Kier alpha value is -4.20. The maximum atomic E-state index is 15.1. The van der Waals surface area contributed by atoms with Crippen LogP contribution in [0.5, 0.6) is 0 Å². The van der Waals surface area contributed by atoms with Gasteiger partial charge in [-0.3, -0.25) is 14.4 Å². The molecular weight excluding hydrogens is 573 g/mol. The molecule has 13 heteroatoms. The molecule has 12 nitrogen and oxygen atoms in total. The molecule has 1 fully saturated rings. The van der Waals surface area contributed by atoms with Crippen LogP contribution in [0.25, 0.3) is 22.3 Å². The number of carbonyl (C=O) groups is 3. The lowest BCUT2D eigenvalue weighted by Crippen LogP contribution is -2.45. The number of aliphatic hydroxyl groups is 1. The van der Waals surface area contributed by atoms with Crippen molar-refractivity contribution in [1.29, 1.82) is 0 Å². The molecule has 0 spiro atoms. The van der Waals surface area contributed by atoms with Crippen molar-refractivity contribution < 1.29 is 33.4 Å². The average molecular weight is 606 g/mol. The van der Waals surface area contributed by atoms with Gasteiger partial charge in [-0.05, 0) is 54.9 Å². The van der Waals surface area contributed by atoms with Gasteiger partial charge in [0.25, 0.3) is 5.56 Å². The van der Waals surface area contributed by atoms with Gasteiger partial charge in [0.05, 0.1) is 41.6 Å². The molecule has 2 aromatic heterocycles. The highest BCUT2D eigenvalue weighted by Gasteiger charge is 2.49. The largest absolute Gasteiger partial charge is 0.458 e. The van der Waals surface area contributed by atoms with Crippen LogP contribution in [0.1, 0.15) is 65.1 Å². The second-order valence-electron chi connectivity index (χ2n) is 12.1. The number of pyridine rings is 2. The summed E-state index contributed by atoms with van der Waals surface area (Å²) in [5, 5.41) is 17.8. The van der Waals surface area contributed by atoms with Gasteiger partial charge in [-0.1, -0.05) is 12.8 Å². The molecule has 5 N–H and O–H groups in total. The number of nitrogens with two attached hydrogens (primary N) is 1. The minimum Gasteiger partial charge on any atom is -0.458 e. The third-order valence-corrected chi connectivity index (χ3v) is 9.27. The van der Waals surface area contributed by atoms with E-state index in [0.717, 1.165) is 29.4 Å². The van der Waals surface area contributed by atoms with Crippen LogP contribution in [0.2, 0.25) is 0 Å². The number of rotatable bonds is 8.